The van der Waals surface area contributed by atoms with E-state index < -0.39 is 28.3 Å². The van der Waals surface area contributed by atoms with Gasteiger partial charge in [0.2, 0.25) is 5.91 Å². The van der Waals surface area contributed by atoms with Crippen LogP contribution in [0.5, 0.6) is 0 Å². The predicted octanol–water partition coefficient (Wildman–Crippen LogP) is 5.65. The molecule has 3 N–H and O–H groups in total. The van der Waals surface area contributed by atoms with E-state index in [9.17, 15) is 14.7 Å². The number of aliphatic hydroxyl groups is 1. The topological polar surface area (TPSA) is 110 Å². The van der Waals surface area contributed by atoms with Crippen molar-refractivity contribution in [3.8, 4) is 0 Å². The van der Waals surface area contributed by atoms with Crippen molar-refractivity contribution in [2.75, 3.05) is 13.7 Å². The summed E-state index contributed by atoms with van der Waals surface area (Å²) in [5.41, 5.74) is 0.978. The zero-order chi connectivity index (χ0) is 31.5. The second-order valence-electron chi connectivity index (χ2n) is 14.5. The van der Waals surface area contributed by atoms with E-state index in [1.165, 1.54) is 30.4 Å². The number of aromatic nitrogens is 1. The standard InChI is InChI=1S/C36H50N2O6/c1-22(2)44-35(42-6)17-16-33(4)34(5)24(19-27-26-14-10-11-15-28(26)38-32(27)34)20-30(36(33,41)29(35)18-23(3)39)43-21-31(40)37-25-12-8-7-9-13-25/h10-11,14-15,18,22,24-25,30,38,41H,7-9,12-13,16-17,19-21H2,1-6H3,(H,37,40)/b29-18+/t24-,30+,33-,34-,35+,36+/m1/s1. The van der Waals surface area contributed by atoms with Gasteiger partial charge in [0.15, 0.2) is 11.6 Å². The van der Waals surface area contributed by atoms with Crippen molar-refractivity contribution in [2.45, 2.75) is 127 Å². The van der Waals surface area contributed by atoms with Crippen molar-refractivity contribution < 1.29 is 28.9 Å². The number of ketones is 1. The number of hydrogen-bond donors (Lipinski definition) is 3. The number of para-hydroxylation sites is 1. The highest BCUT2D eigenvalue weighted by atomic mass is 16.7. The molecule has 1 amide bonds. The molecule has 4 aliphatic carbocycles. The number of carbonyl (C=O) groups excluding carboxylic acids is 2. The highest BCUT2D eigenvalue weighted by molar-refractivity contribution is 5.89. The van der Waals surface area contributed by atoms with E-state index in [0.717, 1.165) is 43.3 Å². The summed E-state index contributed by atoms with van der Waals surface area (Å²) in [6.45, 7) is 9.60. The quantitative estimate of drug-likeness (QED) is 0.265. The Morgan fingerprint density at radius 1 is 1.14 bits per heavy atom. The van der Waals surface area contributed by atoms with Crippen LogP contribution < -0.4 is 5.32 Å². The number of nitrogens with one attached hydrogen (secondary N) is 2. The van der Waals surface area contributed by atoms with Gasteiger partial charge >= 0.3 is 0 Å². The molecular formula is C36H50N2O6. The number of amides is 1. The van der Waals surface area contributed by atoms with Gasteiger partial charge in [-0.15, -0.1) is 0 Å². The molecule has 0 bridgehead atoms. The number of methoxy groups -OCH3 is 1. The minimum absolute atomic E-state index is 0.157. The lowest BCUT2D eigenvalue weighted by molar-refractivity contribution is -0.299. The molecule has 2 aromatic rings. The summed E-state index contributed by atoms with van der Waals surface area (Å²) in [5, 5.41) is 17.9. The summed E-state index contributed by atoms with van der Waals surface area (Å²) in [6.07, 6.45) is 8.34. The molecular weight excluding hydrogens is 556 g/mol. The fraction of sp³-hybridized carbons (Fsp3) is 0.667. The maximum atomic E-state index is 13.5. The number of hydrogen-bond acceptors (Lipinski definition) is 6. The van der Waals surface area contributed by atoms with Crippen LogP contribution in [0.3, 0.4) is 0 Å². The number of benzene rings is 1. The molecule has 6 rings (SSSR count). The predicted molar refractivity (Wildman–Crippen MR) is 169 cm³/mol. The van der Waals surface area contributed by atoms with Crippen LogP contribution in [0.15, 0.2) is 35.9 Å². The van der Waals surface area contributed by atoms with E-state index in [0.29, 0.717) is 24.8 Å². The summed E-state index contributed by atoms with van der Waals surface area (Å²) in [7, 11) is 1.58. The zero-order valence-electron chi connectivity index (χ0n) is 27.3. The lowest BCUT2D eigenvalue weighted by Crippen LogP contribution is -2.75. The summed E-state index contributed by atoms with van der Waals surface area (Å²) >= 11 is 0. The normalized spacial score (nSPS) is 36.3. The van der Waals surface area contributed by atoms with Gasteiger partial charge < -0.3 is 29.6 Å². The fourth-order valence-electron chi connectivity index (χ4n) is 9.56. The second kappa shape index (κ2) is 11.4. The summed E-state index contributed by atoms with van der Waals surface area (Å²) in [4.78, 5) is 29.9. The third kappa shape index (κ3) is 4.62. The number of rotatable bonds is 8. The van der Waals surface area contributed by atoms with Crippen LogP contribution >= 0.6 is 0 Å². The average Bonchev–Trinajstić information content (AvgIpc) is 3.49. The van der Waals surface area contributed by atoms with Crippen LogP contribution in [-0.4, -0.2) is 65.1 Å². The summed E-state index contributed by atoms with van der Waals surface area (Å²) in [5.74, 6) is -1.53. The SMILES string of the molecule is CO[C@]1(OC(C)C)CC[C@]2(C)[C@@]3(C)c4[nH]c5ccccc5c4C[C@@H]3C[C@H](OCC(=O)NC3CCCCC3)[C@@]2(O)/C1=C/C(C)=O. The van der Waals surface area contributed by atoms with Crippen LogP contribution in [-0.2, 0) is 35.6 Å². The Morgan fingerprint density at radius 3 is 2.55 bits per heavy atom. The third-order valence-electron chi connectivity index (χ3n) is 11.8. The van der Waals surface area contributed by atoms with Gasteiger partial charge in [0.05, 0.1) is 12.2 Å². The van der Waals surface area contributed by atoms with Crippen molar-refractivity contribution >= 4 is 22.6 Å². The molecule has 8 nitrogen and oxygen atoms in total. The van der Waals surface area contributed by atoms with Gasteiger partial charge in [0, 0.05) is 52.6 Å². The maximum Gasteiger partial charge on any atom is 0.246 e. The number of ether oxygens (including phenoxy) is 3. The fourth-order valence-corrected chi connectivity index (χ4v) is 9.56. The first kappa shape index (κ1) is 31.5. The Balaban J connectivity index is 1.46. The summed E-state index contributed by atoms with van der Waals surface area (Å²) < 4.78 is 19.2. The van der Waals surface area contributed by atoms with Crippen molar-refractivity contribution in [3.05, 3.63) is 47.2 Å². The van der Waals surface area contributed by atoms with Crippen molar-refractivity contribution in [1.29, 1.82) is 0 Å². The van der Waals surface area contributed by atoms with Gasteiger partial charge in [-0.2, -0.15) is 0 Å². The highest BCUT2D eigenvalue weighted by Crippen LogP contribution is 2.70. The zero-order valence-corrected chi connectivity index (χ0v) is 27.3. The van der Waals surface area contributed by atoms with Crippen LogP contribution in [0.1, 0.15) is 97.2 Å². The molecule has 3 saturated carbocycles. The number of allylic oxidation sites excluding steroid dienone is 1. The van der Waals surface area contributed by atoms with Crippen LogP contribution in [0.2, 0.25) is 0 Å². The molecule has 1 aromatic heterocycles. The van der Waals surface area contributed by atoms with Crippen molar-refractivity contribution in [3.63, 3.8) is 0 Å². The van der Waals surface area contributed by atoms with E-state index in [4.69, 9.17) is 14.2 Å². The first-order valence-electron chi connectivity index (χ1n) is 16.6. The minimum atomic E-state index is -1.67. The molecule has 3 fully saturated rings. The van der Waals surface area contributed by atoms with Gasteiger partial charge in [0.25, 0.3) is 0 Å². The van der Waals surface area contributed by atoms with Crippen LogP contribution in [0.4, 0.5) is 0 Å². The summed E-state index contributed by atoms with van der Waals surface area (Å²) in [6, 6.07) is 8.55. The van der Waals surface area contributed by atoms with E-state index in [1.54, 1.807) is 7.11 Å². The Morgan fingerprint density at radius 2 is 1.86 bits per heavy atom. The Labute approximate surface area is 261 Å². The number of carbonyl (C=O) groups is 2. The number of H-pyrrole nitrogens is 1. The third-order valence-corrected chi connectivity index (χ3v) is 11.8. The van der Waals surface area contributed by atoms with Gasteiger partial charge in [0.1, 0.15) is 12.2 Å². The van der Waals surface area contributed by atoms with Crippen molar-refractivity contribution in [1.82, 2.24) is 10.3 Å². The first-order valence-corrected chi connectivity index (χ1v) is 16.6. The molecule has 44 heavy (non-hydrogen) atoms. The van der Waals surface area contributed by atoms with Gasteiger partial charge in [-0.05, 0) is 76.5 Å². The largest absolute Gasteiger partial charge is 0.382 e. The molecule has 4 aliphatic rings. The molecule has 240 valence electrons. The van der Waals surface area contributed by atoms with E-state index in [-0.39, 0.29) is 36.4 Å². The van der Waals surface area contributed by atoms with Crippen molar-refractivity contribution in [2.24, 2.45) is 11.3 Å². The minimum Gasteiger partial charge on any atom is -0.382 e. The Kier molecular flexibility index (Phi) is 8.13. The molecule has 1 heterocycles. The molecule has 8 heteroatoms. The van der Waals surface area contributed by atoms with Gasteiger partial charge in [-0.3, -0.25) is 9.59 Å². The van der Waals surface area contributed by atoms with Crippen LogP contribution in [0.25, 0.3) is 10.9 Å². The molecule has 0 saturated heterocycles. The second-order valence-corrected chi connectivity index (χ2v) is 14.5. The first-order chi connectivity index (χ1) is 20.9. The van der Waals surface area contributed by atoms with Gasteiger partial charge in [-0.1, -0.05) is 51.3 Å². The molecule has 1 aromatic carbocycles. The molecule has 6 atom stereocenters. The van der Waals surface area contributed by atoms with E-state index in [1.807, 2.05) is 19.9 Å². The maximum absolute atomic E-state index is 13.5. The number of aromatic amines is 1. The molecule has 0 unspecified atom stereocenters. The van der Waals surface area contributed by atoms with Crippen LogP contribution in [0, 0.1) is 11.3 Å². The number of fused-ring (bicyclic) bond motifs is 7. The molecule has 0 radical (unpaired) electrons. The lowest BCUT2D eigenvalue weighted by Gasteiger charge is -2.67. The Hall–Kier alpha value is -2.52. The van der Waals surface area contributed by atoms with Gasteiger partial charge in [-0.25, -0.2) is 0 Å². The lowest BCUT2D eigenvalue weighted by atomic mass is 9.41. The smallest absolute Gasteiger partial charge is 0.246 e. The van der Waals surface area contributed by atoms with E-state index >= 15 is 0 Å². The highest BCUT2D eigenvalue weighted by Gasteiger charge is 2.75. The van der Waals surface area contributed by atoms with E-state index in [2.05, 4.69) is 42.3 Å². The monoisotopic (exact) mass is 606 g/mol. The molecule has 0 spiro atoms. The molecule has 0 aliphatic heterocycles. The Bertz CT molecular complexity index is 1460. The average molecular weight is 607 g/mol.